The molecule has 0 saturated carbocycles. The van der Waals surface area contributed by atoms with Gasteiger partial charge in [0.25, 0.3) is 0 Å². The predicted octanol–water partition coefficient (Wildman–Crippen LogP) is 2.78. The number of hydrogen-bond donors (Lipinski definition) is 0. The SMILES string of the molecule is CC[Si]1(C2c3ccccc3-c3ccc[c]([Zr+2][c]4cccc5c4C([Si]4(CC)CCC4)c4ccccc4-5)c32)CCC1.[Cl-].[Cl-]. The first-order valence-corrected chi connectivity index (χ1v) is 23.3. The van der Waals surface area contributed by atoms with Gasteiger partial charge in [-0.3, -0.25) is 0 Å². The minimum atomic E-state index is -1.32. The van der Waals surface area contributed by atoms with Gasteiger partial charge in [-0.25, -0.2) is 0 Å². The minimum absolute atomic E-state index is 0. The molecule has 2 unspecified atom stereocenters. The van der Waals surface area contributed by atoms with E-state index in [1.807, 2.05) is 0 Å². The predicted molar refractivity (Wildman–Crippen MR) is 168 cm³/mol. The third-order valence-electron chi connectivity index (χ3n) is 11.5. The van der Waals surface area contributed by atoms with Gasteiger partial charge in [0.1, 0.15) is 0 Å². The van der Waals surface area contributed by atoms with Crippen LogP contribution in [-0.2, 0) is 23.2 Å². The van der Waals surface area contributed by atoms with Crippen molar-refractivity contribution in [2.45, 2.75) is 74.0 Å². The second kappa shape index (κ2) is 11.4. The number of fused-ring (bicyclic) bond motifs is 6. The standard InChI is InChI=1S/2C18H19Si.2ClH.Zr/c2*1-2-19(12-7-13-19)18-16-10-5-3-8-14(16)15-9-4-6-11-17(15)18;;;/h2*3-6,8-10,18H,2,7,12-13H2,1H3;2*1H;/q;;;;+2/p-2. The summed E-state index contributed by atoms with van der Waals surface area (Å²) in [6.45, 7) is 5.04. The average molecular weight is 689 g/mol. The molecule has 0 radical (unpaired) electrons. The van der Waals surface area contributed by atoms with Gasteiger partial charge < -0.3 is 24.8 Å². The van der Waals surface area contributed by atoms with Gasteiger partial charge in [-0.2, -0.15) is 0 Å². The minimum Gasteiger partial charge on any atom is -1.00 e. The van der Waals surface area contributed by atoms with Gasteiger partial charge in [-0.05, 0) is 0 Å². The molecule has 0 bridgehead atoms. The third-order valence-corrected chi connectivity index (χ3v) is 26.8. The van der Waals surface area contributed by atoms with E-state index in [0.29, 0.717) is 0 Å². The average Bonchev–Trinajstić information content (AvgIpc) is 3.44. The van der Waals surface area contributed by atoms with E-state index in [9.17, 15) is 0 Å². The van der Waals surface area contributed by atoms with Crippen LogP contribution in [0.3, 0.4) is 0 Å². The second-order valence-electron chi connectivity index (χ2n) is 12.8. The maximum absolute atomic E-state index is 2.58. The van der Waals surface area contributed by atoms with Crippen LogP contribution in [0.25, 0.3) is 22.3 Å². The summed E-state index contributed by atoms with van der Waals surface area (Å²) in [5, 5.41) is 0. The Hall–Kier alpha value is -1.22. The molecule has 0 aromatic heterocycles. The molecule has 8 rings (SSSR count). The van der Waals surface area contributed by atoms with E-state index >= 15 is 0 Å². The second-order valence-corrected chi connectivity index (χ2v) is 26.1. The first kappa shape index (κ1) is 29.8. The molecular formula is C36H38Cl2Si2Zr. The van der Waals surface area contributed by atoms with Gasteiger partial charge in [-0.15, -0.1) is 0 Å². The summed E-state index contributed by atoms with van der Waals surface area (Å²) >= 11 is -1.01. The van der Waals surface area contributed by atoms with Crippen LogP contribution in [0.4, 0.5) is 0 Å². The largest absolute Gasteiger partial charge is 1.00 e. The van der Waals surface area contributed by atoms with E-state index < -0.39 is 39.4 Å². The summed E-state index contributed by atoms with van der Waals surface area (Å²) in [7, 11) is -2.64. The normalized spacial score (nSPS) is 21.4. The van der Waals surface area contributed by atoms with Gasteiger partial charge in [-0.1, -0.05) is 0 Å². The molecule has 0 N–H and O–H groups in total. The van der Waals surface area contributed by atoms with Crippen LogP contribution < -0.4 is 31.4 Å². The molecule has 4 aromatic carbocycles. The van der Waals surface area contributed by atoms with Crippen molar-refractivity contribution in [3.8, 4) is 22.3 Å². The zero-order valence-electron chi connectivity index (χ0n) is 24.2. The third kappa shape index (κ3) is 4.27. The van der Waals surface area contributed by atoms with E-state index in [0.717, 1.165) is 11.1 Å². The fourth-order valence-electron chi connectivity index (χ4n) is 9.11. The van der Waals surface area contributed by atoms with Gasteiger partial charge >= 0.3 is 249 Å². The van der Waals surface area contributed by atoms with E-state index in [1.165, 1.54) is 49.1 Å². The van der Waals surface area contributed by atoms with Crippen LogP contribution in [0.1, 0.15) is 60.0 Å². The molecule has 2 fully saturated rings. The maximum atomic E-state index is 2.58. The summed E-state index contributed by atoms with van der Waals surface area (Å²) in [5.74, 6) is 0. The molecule has 2 heterocycles. The van der Waals surface area contributed by atoms with Crippen molar-refractivity contribution in [3.63, 3.8) is 0 Å². The monoisotopic (exact) mass is 686 g/mol. The van der Waals surface area contributed by atoms with Crippen LogP contribution in [0.2, 0.25) is 36.3 Å². The molecule has 2 saturated heterocycles. The molecule has 0 spiro atoms. The summed E-state index contributed by atoms with van der Waals surface area (Å²) in [5.41, 5.74) is 14.7. The van der Waals surface area contributed by atoms with Crippen LogP contribution in [0.5, 0.6) is 0 Å². The number of benzene rings is 4. The van der Waals surface area contributed by atoms with E-state index in [1.54, 1.807) is 51.1 Å². The Labute approximate surface area is 272 Å². The summed E-state index contributed by atoms with van der Waals surface area (Å²) in [6.07, 6.45) is 2.93. The zero-order chi connectivity index (χ0) is 26.2. The smallest absolute Gasteiger partial charge is 1.00 e. The van der Waals surface area contributed by atoms with Crippen molar-refractivity contribution < 1.29 is 48.0 Å². The number of halogens is 2. The van der Waals surface area contributed by atoms with Gasteiger partial charge in [0.2, 0.25) is 0 Å². The maximum Gasteiger partial charge on any atom is -1.00 e. The van der Waals surface area contributed by atoms with Gasteiger partial charge in [0.05, 0.1) is 0 Å². The van der Waals surface area contributed by atoms with Crippen molar-refractivity contribution in [1.29, 1.82) is 0 Å². The van der Waals surface area contributed by atoms with Crippen LogP contribution in [-0.4, -0.2) is 16.1 Å². The van der Waals surface area contributed by atoms with Crippen molar-refractivity contribution in [2.24, 2.45) is 0 Å². The summed E-state index contributed by atoms with van der Waals surface area (Å²) < 4.78 is 3.57. The molecule has 2 aliphatic carbocycles. The Kier molecular flexibility index (Phi) is 8.27. The van der Waals surface area contributed by atoms with Crippen molar-refractivity contribution in [3.05, 3.63) is 107 Å². The van der Waals surface area contributed by atoms with E-state index in [-0.39, 0.29) is 24.8 Å². The van der Waals surface area contributed by atoms with Gasteiger partial charge in [0.15, 0.2) is 0 Å². The topological polar surface area (TPSA) is 0 Å². The van der Waals surface area contributed by atoms with Crippen molar-refractivity contribution >= 4 is 22.7 Å². The number of rotatable bonds is 6. The fourth-order valence-corrected chi connectivity index (χ4v) is 23.0. The molecule has 5 heteroatoms. The summed E-state index contributed by atoms with van der Waals surface area (Å²) in [4.78, 5) is 0. The Balaban J connectivity index is 0.00000151. The molecular weight excluding hydrogens is 651 g/mol. The van der Waals surface area contributed by atoms with Gasteiger partial charge in [0, 0.05) is 0 Å². The van der Waals surface area contributed by atoms with E-state index in [2.05, 4.69) is 98.8 Å². The molecule has 4 aliphatic rings. The molecule has 208 valence electrons. The fraction of sp³-hybridized carbons (Fsp3) is 0.333. The zero-order valence-corrected chi connectivity index (χ0v) is 30.1. The molecule has 2 aliphatic heterocycles. The van der Waals surface area contributed by atoms with Crippen LogP contribution >= 0.6 is 0 Å². The van der Waals surface area contributed by atoms with E-state index in [4.69, 9.17) is 0 Å². The Morgan fingerprint density at radius 1 is 0.537 bits per heavy atom. The van der Waals surface area contributed by atoms with Crippen LogP contribution in [0.15, 0.2) is 84.9 Å². The molecule has 0 nitrogen and oxygen atoms in total. The van der Waals surface area contributed by atoms with Crippen LogP contribution in [0, 0.1) is 0 Å². The van der Waals surface area contributed by atoms with Crippen molar-refractivity contribution in [1.82, 2.24) is 0 Å². The Bertz CT molecular complexity index is 1480. The Morgan fingerprint density at radius 2 is 0.927 bits per heavy atom. The molecule has 41 heavy (non-hydrogen) atoms. The summed E-state index contributed by atoms with van der Waals surface area (Å²) in [6, 6.07) is 42.9. The molecule has 2 atom stereocenters. The quantitative estimate of drug-likeness (QED) is 0.274. The first-order valence-electron chi connectivity index (χ1n) is 15.4. The number of hydrogen-bond acceptors (Lipinski definition) is 0. The first-order chi connectivity index (χ1) is 19.2. The van der Waals surface area contributed by atoms with Crippen molar-refractivity contribution in [2.75, 3.05) is 0 Å². The Morgan fingerprint density at radius 3 is 1.29 bits per heavy atom. The molecule has 0 amide bonds. The molecule has 4 aromatic rings.